The van der Waals surface area contributed by atoms with Gasteiger partial charge in [0.1, 0.15) is 0 Å². The number of nitrogens with zero attached hydrogens (tertiary/aromatic N) is 3. The summed E-state index contributed by atoms with van der Waals surface area (Å²) in [6, 6.07) is 101. The van der Waals surface area contributed by atoms with Crippen LogP contribution in [0.4, 0.5) is 0 Å². The fraction of sp³-hybridized carbons (Fsp3) is 0. The average molecular weight is 908 g/mol. The summed E-state index contributed by atoms with van der Waals surface area (Å²) in [5, 5.41) is 12.8. The van der Waals surface area contributed by atoms with Crippen molar-refractivity contribution in [1.29, 1.82) is 0 Å². The number of benzene rings is 11. The summed E-state index contributed by atoms with van der Waals surface area (Å²) >= 11 is 0. The van der Waals surface area contributed by atoms with Crippen molar-refractivity contribution in [3.8, 4) is 28.2 Å². The van der Waals surface area contributed by atoms with E-state index in [9.17, 15) is 0 Å². The third-order valence-corrected chi connectivity index (χ3v) is 19.6. The molecule has 14 aromatic rings. The Labute approximate surface area is 407 Å². The van der Waals surface area contributed by atoms with E-state index in [0.29, 0.717) is 0 Å². The van der Waals surface area contributed by atoms with Crippen LogP contribution in [0.3, 0.4) is 0 Å². The van der Waals surface area contributed by atoms with Crippen molar-refractivity contribution in [3.05, 3.63) is 273 Å². The van der Waals surface area contributed by atoms with Crippen molar-refractivity contribution < 1.29 is 0 Å². The lowest BCUT2D eigenvalue weighted by atomic mass is 10.1. The van der Waals surface area contributed by atoms with Gasteiger partial charge in [-0.05, 0) is 80.4 Å². The molecule has 3 aromatic heterocycles. The van der Waals surface area contributed by atoms with Crippen molar-refractivity contribution in [3.63, 3.8) is 0 Å². The number of fused-ring (bicyclic) bond motifs is 9. The Morgan fingerprint density at radius 2 is 0.614 bits per heavy atom. The van der Waals surface area contributed by atoms with Crippen LogP contribution < -0.4 is 20.7 Å². The Hall–Kier alpha value is -8.96. The van der Waals surface area contributed by atoms with Crippen LogP contribution in [-0.2, 0) is 0 Å². The van der Waals surface area contributed by atoms with Gasteiger partial charge >= 0.3 is 0 Å². The standard InChI is InChI=1S/C66H45N3Si/c1-5-21-46(22-6-1)47-39-41-48(42-40-47)67-59-34-16-15-31-55(59)56-32-19-38-64(65(56)67)69-62-44-43-52(70(49-23-7-2-8-24-49,50-25-9-3-10-26-50)51-27-11-4-12-28-51)45-58(62)57-33-20-37-63(66(57)69)68-60-35-17-13-29-53(60)54-30-14-18-36-61(54)68/h1-45H. The minimum Gasteiger partial charge on any atom is -0.307 e. The number of hydrogen-bond donors (Lipinski definition) is 0. The molecule has 3 nitrogen and oxygen atoms in total. The molecule has 70 heavy (non-hydrogen) atoms. The smallest absolute Gasteiger partial charge is 0.179 e. The molecule has 0 aliphatic carbocycles. The van der Waals surface area contributed by atoms with Crippen molar-refractivity contribution >= 4 is 94.2 Å². The third-order valence-electron chi connectivity index (χ3n) is 14.8. The van der Waals surface area contributed by atoms with Crippen LogP contribution in [0.5, 0.6) is 0 Å². The van der Waals surface area contributed by atoms with Gasteiger partial charge in [0.05, 0.1) is 44.5 Å². The fourth-order valence-electron chi connectivity index (χ4n) is 11.8. The predicted octanol–water partition coefficient (Wildman–Crippen LogP) is 14.0. The molecule has 0 atom stereocenters. The molecule has 4 heteroatoms. The van der Waals surface area contributed by atoms with Crippen molar-refractivity contribution in [2.45, 2.75) is 0 Å². The highest BCUT2D eigenvalue weighted by Crippen LogP contribution is 2.43. The zero-order valence-corrected chi connectivity index (χ0v) is 39.3. The van der Waals surface area contributed by atoms with Gasteiger partial charge in [-0.25, -0.2) is 0 Å². The first-order valence-electron chi connectivity index (χ1n) is 24.2. The minimum absolute atomic E-state index is 1.12. The average Bonchev–Trinajstić information content (AvgIpc) is 4.08. The van der Waals surface area contributed by atoms with Crippen molar-refractivity contribution in [2.75, 3.05) is 0 Å². The third kappa shape index (κ3) is 5.94. The normalized spacial score (nSPS) is 12.0. The van der Waals surface area contributed by atoms with E-state index >= 15 is 0 Å². The Bertz CT molecular complexity index is 4110. The monoisotopic (exact) mass is 907 g/mol. The predicted molar refractivity (Wildman–Crippen MR) is 299 cm³/mol. The summed E-state index contributed by atoms with van der Waals surface area (Å²) in [5.74, 6) is 0. The molecule has 14 rings (SSSR count). The van der Waals surface area contributed by atoms with Gasteiger partial charge in [0.15, 0.2) is 8.07 Å². The highest BCUT2D eigenvalue weighted by Gasteiger charge is 2.41. The highest BCUT2D eigenvalue weighted by atomic mass is 28.3. The lowest BCUT2D eigenvalue weighted by molar-refractivity contribution is 1.11. The summed E-state index contributed by atoms with van der Waals surface area (Å²) in [6.07, 6.45) is 0. The van der Waals surface area contributed by atoms with Crippen LogP contribution in [0.1, 0.15) is 0 Å². The molecule has 0 saturated heterocycles. The van der Waals surface area contributed by atoms with Crippen LogP contribution >= 0.6 is 0 Å². The molecular formula is C66H45N3Si. The van der Waals surface area contributed by atoms with E-state index in [0.717, 1.165) is 33.6 Å². The summed E-state index contributed by atoms with van der Waals surface area (Å²) in [4.78, 5) is 0. The molecule has 0 fully saturated rings. The largest absolute Gasteiger partial charge is 0.307 e. The first-order valence-corrected chi connectivity index (χ1v) is 26.2. The van der Waals surface area contributed by atoms with Gasteiger partial charge in [-0.3, -0.25) is 0 Å². The molecule has 0 radical (unpaired) electrons. The molecule has 0 saturated carbocycles. The second kappa shape index (κ2) is 16.1. The minimum atomic E-state index is -2.88. The van der Waals surface area contributed by atoms with Crippen LogP contribution in [0, 0.1) is 0 Å². The molecule has 0 N–H and O–H groups in total. The Balaban J connectivity index is 1.13. The first kappa shape index (κ1) is 40.1. The molecule has 0 aliphatic rings. The molecule has 0 unspecified atom stereocenters. The van der Waals surface area contributed by atoms with E-state index in [4.69, 9.17) is 0 Å². The number of rotatable bonds is 8. The van der Waals surface area contributed by atoms with Gasteiger partial charge in [-0.15, -0.1) is 0 Å². The maximum atomic E-state index is 2.58. The van der Waals surface area contributed by atoms with E-state index in [1.54, 1.807) is 0 Å². The van der Waals surface area contributed by atoms with Crippen LogP contribution in [0.25, 0.3) is 93.6 Å². The SMILES string of the molecule is c1ccc(-c2ccc(-n3c4ccccc4c4cccc(-n5c6ccc([Si](c7ccccc7)(c7ccccc7)c7ccccc7)cc6c6cccc(-n7c8ccccc8c8ccccc87)c65)c43)cc2)cc1. The zero-order chi connectivity index (χ0) is 46.2. The molecule has 0 spiro atoms. The maximum absolute atomic E-state index is 2.88. The second-order valence-electron chi connectivity index (χ2n) is 18.4. The van der Waals surface area contributed by atoms with Crippen LogP contribution in [-0.4, -0.2) is 21.8 Å². The Kier molecular flexibility index (Phi) is 9.23. The lowest BCUT2D eigenvalue weighted by Crippen LogP contribution is -2.74. The quantitative estimate of drug-likeness (QED) is 0.107. The lowest BCUT2D eigenvalue weighted by Gasteiger charge is -2.34. The van der Waals surface area contributed by atoms with Crippen LogP contribution in [0.15, 0.2) is 273 Å². The maximum Gasteiger partial charge on any atom is 0.179 e. The first-order chi connectivity index (χ1) is 34.8. The van der Waals surface area contributed by atoms with Gasteiger partial charge in [-0.2, -0.15) is 0 Å². The van der Waals surface area contributed by atoms with E-state index < -0.39 is 8.07 Å². The molecule has 0 amide bonds. The van der Waals surface area contributed by atoms with Gasteiger partial charge in [0, 0.05) is 38.0 Å². The van der Waals surface area contributed by atoms with Crippen molar-refractivity contribution in [2.24, 2.45) is 0 Å². The van der Waals surface area contributed by atoms with E-state index in [1.807, 2.05) is 0 Å². The molecule has 0 aliphatic heterocycles. The summed E-state index contributed by atoms with van der Waals surface area (Å²) in [5.41, 5.74) is 12.8. The van der Waals surface area contributed by atoms with Crippen LogP contribution in [0.2, 0.25) is 0 Å². The van der Waals surface area contributed by atoms with E-state index in [-0.39, 0.29) is 0 Å². The van der Waals surface area contributed by atoms with Gasteiger partial charge in [-0.1, -0.05) is 224 Å². The highest BCUT2D eigenvalue weighted by molar-refractivity contribution is 7.20. The van der Waals surface area contributed by atoms with Gasteiger partial charge in [0.25, 0.3) is 0 Å². The molecule has 0 bridgehead atoms. The van der Waals surface area contributed by atoms with Crippen molar-refractivity contribution in [1.82, 2.24) is 13.7 Å². The summed E-state index contributed by atoms with van der Waals surface area (Å²) < 4.78 is 7.57. The fourth-order valence-corrected chi connectivity index (χ4v) is 16.6. The molecular weight excluding hydrogens is 863 g/mol. The van der Waals surface area contributed by atoms with Gasteiger partial charge in [0.2, 0.25) is 0 Å². The Morgan fingerprint density at radius 3 is 1.16 bits per heavy atom. The number of aromatic nitrogens is 3. The topological polar surface area (TPSA) is 14.8 Å². The number of hydrogen-bond acceptors (Lipinski definition) is 0. The second-order valence-corrected chi connectivity index (χ2v) is 22.2. The van der Waals surface area contributed by atoms with E-state index in [1.165, 1.54) is 80.7 Å². The van der Waals surface area contributed by atoms with Gasteiger partial charge < -0.3 is 13.7 Å². The number of para-hydroxylation sites is 5. The summed E-state index contributed by atoms with van der Waals surface area (Å²) in [6.45, 7) is 0. The molecule has 328 valence electrons. The summed E-state index contributed by atoms with van der Waals surface area (Å²) in [7, 11) is -2.88. The zero-order valence-electron chi connectivity index (χ0n) is 38.3. The van der Waals surface area contributed by atoms with E-state index in [2.05, 4.69) is 287 Å². The Morgan fingerprint density at radius 1 is 0.229 bits per heavy atom. The molecule has 11 aromatic carbocycles. The molecule has 3 heterocycles.